The van der Waals surface area contributed by atoms with E-state index in [-0.39, 0.29) is 11.4 Å². The Bertz CT molecular complexity index is 267. The summed E-state index contributed by atoms with van der Waals surface area (Å²) >= 11 is 0. The molecule has 0 radical (unpaired) electrons. The summed E-state index contributed by atoms with van der Waals surface area (Å²) in [6.07, 6.45) is 0. The number of carbonyl (C=O) groups is 1. The summed E-state index contributed by atoms with van der Waals surface area (Å²) in [6, 6.07) is 0.958. The second-order valence-electron chi connectivity index (χ2n) is 5.74. The number of rotatable bonds is 1. The Morgan fingerprint density at radius 2 is 1.93 bits per heavy atom. The molecule has 0 saturated carbocycles. The zero-order valence-corrected chi connectivity index (χ0v) is 10.1. The highest BCUT2D eigenvalue weighted by Crippen LogP contribution is 2.30. The van der Waals surface area contributed by atoms with E-state index in [2.05, 4.69) is 26.1 Å². The van der Waals surface area contributed by atoms with E-state index in [0.717, 1.165) is 19.6 Å². The van der Waals surface area contributed by atoms with Crippen LogP contribution in [0.5, 0.6) is 0 Å². The van der Waals surface area contributed by atoms with Gasteiger partial charge in [0.05, 0.1) is 12.1 Å². The molecule has 86 valence electrons. The van der Waals surface area contributed by atoms with Crippen molar-refractivity contribution in [2.24, 2.45) is 5.41 Å². The van der Waals surface area contributed by atoms with E-state index in [1.165, 1.54) is 0 Å². The largest absolute Gasteiger partial charge is 0.322 e. The molecular formula is C11H21N3O. The van der Waals surface area contributed by atoms with Crippen molar-refractivity contribution >= 4 is 6.03 Å². The standard InChI is InChI=1S/C11H21N3O/c1-11(2,3)9-7-14(8-5-12-6-8)10(15)13(9)4/h8-9,12H,5-7H2,1-4H3. The second-order valence-corrected chi connectivity index (χ2v) is 5.74. The Hall–Kier alpha value is -0.770. The first kappa shape index (κ1) is 10.7. The first-order valence-electron chi connectivity index (χ1n) is 5.65. The molecule has 1 atom stereocenters. The van der Waals surface area contributed by atoms with Crippen LogP contribution in [-0.2, 0) is 0 Å². The molecule has 4 heteroatoms. The van der Waals surface area contributed by atoms with Crippen molar-refractivity contribution in [3.63, 3.8) is 0 Å². The molecule has 2 aliphatic rings. The van der Waals surface area contributed by atoms with Gasteiger partial charge in [0.2, 0.25) is 0 Å². The lowest BCUT2D eigenvalue weighted by Crippen LogP contribution is -2.58. The molecule has 1 N–H and O–H groups in total. The van der Waals surface area contributed by atoms with Crippen LogP contribution in [0.15, 0.2) is 0 Å². The normalized spacial score (nSPS) is 28.5. The van der Waals surface area contributed by atoms with E-state index in [1.54, 1.807) is 0 Å². The van der Waals surface area contributed by atoms with Crippen molar-refractivity contribution in [2.75, 3.05) is 26.7 Å². The number of amides is 2. The highest BCUT2D eigenvalue weighted by molar-refractivity contribution is 5.77. The summed E-state index contributed by atoms with van der Waals surface area (Å²) in [4.78, 5) is 15.9. The van der Waals surface area contributed by atoms with Crippen molar-refractivity contribution in [3.05, 3.63) is 0 Å². The van der Waals surface area contributed by atoms with Gasteiger partial charge in [0.15, 0.2) is 0 Å². The van der Waals surface area contributed by atoms with E-state index < -0.39 is 0 Å². The molecule has 2 fully saturated rings. The fraction of sp³-hybridized carbons (Fsp3) is 0.909. The summed E-state index contributed by atoms with van der Waals surface area (Å²) in [5.74, 6) is 0. The lowest BCUT2D eigenvalue weighted by molar-refractivity contribution is 0.161. The summed E-state index contributed by atoms with van der Waals surface area (Å²) < 4.78 is 0. The fourth-order valence-electron chi connectivity index (χ4n) is 2.38. The van der Waals surface area contributed by atoms with Gasteiger partial charge in [0.1, 0.15) is 0 Å². The second kappa shape index (κ2) is 3.37. The average Bonchev–Trinajstić information content (AvgIpc) is 2.28. The highest BCUT2D eigenvalue weighted by atomic mass is 16.2. The minimum absolute atomic E-state index is 0.163. The summed E-state index contributed by atoms with van der Waals surface area (Å²) in [5, 5.41) is 3.21. The van der Waals surface area contributed by atoms with Crippen LogP contribution in [0, 0.1) is 5.41 Å². The molecule has 0 aromatic carbocycles. The monoisotopic (exact) mass is 211 g/mol. The number of hydrogen-bond donors (Lipinski definition) is 1. The van der Waals surface area contributed by atoms with Gasteiger partial charge in [-0.25, -0.2) is 4.79 Å². The van der Waals surface area contributed by atoms with Crippen molar-refractivity contribution in [3.8, 4) is 0 Å². The maximum Gasteiger partial charge on any atom is 0.320 e. The SMILES string of the molecule is CN1C(=O)N(C2CNC2)CC1C(C)(C)C. The number of urea groups is 1. The first-order chi connectivity index (χ1) is 6.91. The van der Waals surface area contributed by atoms with Crippen molar-refractivity contribution < 1.29 is 4.79 Å². The molecule has 2 saturated heterocycles. The maximum atomic E-state index is 12.0. The Morgan fingerprint density at radius 1 is 1.33 bits per heavy atom. The van der Waals surface area contributed by atoms with Gasteiger partial charge in [0, 0.05) is 26.7 Å². The number of nitrogens with zero attached hydrogens (tertiary/aromatic N) is 2. The van der Waals surface area contributed by atoms with Crippen LogP contribution in [-0.4, -0.2) is 54.6 Å². The van der Waals surface area contributed by atoms with Gasteiger partial charge >= 0.3 is 6.03 Å². The van der Waals surface area contributed by atoms with E-state index in [0.29, 0.717) is 12.1 Å². The Kier molecular flexibility index (Phi) is 2.41. The van der Waals surface area contributed by atoms with E-state index >= 15 is 0 Å². The van der Waals surface area contributed by atoms with Crippen LogP contribution in [0.25, 0.3) is 0 Å². The molecule has 15 heavy (non-hydrogen) atoms. The molecule has 2 amide bonds. The predicted octanol–water partition coefficient (Wildman–Crippen LogP) is 0.740. The Morgan fingerprint density at radius 3 is 2.27 bits per heavy atom. The van der Waals surface area contributed by atoms with Gasteiger partial charge < -0.3 is 15.1 Å². The molecular weight excluding hydrogens is 190 g/mol. The smallest absolute Gasteiger partial charge is 0.320 e. The van der Waals surface area contributed by atoms with E-state index in [9.17, 15) is 4.79 Å². The molecule has 0 spiro atoms. The van der Waals surface area contributed by atoms with Crippen LogP contribution >= 0.6 is 0 Å². The quantitative estimate of drug-likeness (QED) is 0.694. The van der Waals surface area contributed by atoms with Crippen molar-refractivity contribution in [2.45, 2.75) is 32.9 Å². The predicted molar refractivity (Wildman–Crippen MR) is 59.8 cm³/mol. The number of hydrogen-bond acceptors (Lipinski definition) is 2. The minimum atomic E-state index is 0.163. The zero-order valence-electron chi connectivity index (χ0n) is 10.1. The van der Waals surface area contributed by atoms with Crippen molar-refractivity contribution in [1.82, 2.24) is 15.1 Å². The van der Waals surface area contributed by atoms with Gasteiger partial charge in [-0.15, -0.1) is 0 Å². The highest BCUT2D eigenvalue weighted by Gasteiger charge is 2.44. The van der Waals surface area contributed by atoms with Gasteiger partial charge in [-0.05, 0) is 5.41 Å². The summed E-state index contributed by atoms with van der Waals surface area (Å²) in [6.45, 7) is 9.38. The van der Waals surface area contributed by atoms with Gasteiger partial charge in [-0.3, -0.25) is 0 Å². The third-order valence-corrected chi connectivity index (χ3v) is 3.58. The van der Waals surface area contributed by atoms with Crippen molar-refractivity contribution in [1.29, 1.82) is 0 Å². The molecule has 0 aliphatic carbocycles. The maximum absolute atomic E-state index is 12.0. The molecule has 2 aliphatic heterocycles. The molecule has 0 bridgehead atoms. The van der Waals surface area contributed by atoms with Crippen LogP contribution in [0.3, 0.4) is 0 Å². The van der Waals surface area contributed by atoms with E-state index in [1.807, 2.05) is 16.8 Å². The van der Waals surface area contributed by atoms with Crippen LogP contribution < -0.4 is 5.32 Å². The topological polar surface area (TPSA) is 35.6 Å². The lowest BCUT2D eigenvalue weighted by Gasteiger charge is -2.35. The Balaban J connectivity index is 2.09. The molecule has 0 aromatic rings. The minimum Gasteiger partial charge on any atom is -0.322 e. The molecule has 2 heterocycles. The van der Waals surface area contributed by atoms with Crippen LogP contribution in [0.4, 0.5) is 4.79 Å². The number of nitrogens with one attached hydrogen (secondary N) is 1. The van der Waals surface area contributed by atoms with Gasteiger partial charge in [-0.2, -0.15) is 0 Å². The van der Waals surface area contributed by atoms with Gasteiger partial charge in [-0.1, -0.05) is 20.8 Å². The molecule has 1 unspecified atom stereocenters. The number of carbonyl (C=O) groups excluding carboxylic acids is 1. The van der Waals surface area contributed by atoms with Gasteiger partial charge in [0.25, 0.3) is 0 Å². The third-order valence-electron chi connectivity index (χ3n) is 3.58. The molecule has 4 nitrogen and oxygen atoms in total. The van der Waals surface area contributed by atoms with Crippen LogP contribution in [0.2, 0.25) is 0 Å². The zero-order chi connectivity index (χ0) is 11.2. The molecule has 0 aromatic heterocycles. The van der Waals surface area contributed by atoms with Crippen LogP contribution in [0.1, 0.15) is 20.8 Å². The Labute approximate surface area is 91.6 Å². The summed E-state index contributed by atoms with van der Waals surface area (Å²) in [7, 11) is 1.92. The van der Waals surface area contributed by atoms with E-state index in [4.69, 9.17) is 0 Å². The number of likely N-dealkylation sites (N-methyl/N-ethyl adjacent to an activating group) is 1. The third kappa shape index (κ3) is 1.71. The summed E-state index contributed by atoms with van der Waals surface area (Å²) in [5.41, 5.74) is 0.163. The molecule has 2 rings (SSSR count). The fourth-order valence-corrected chi connectivity index (χ4v) is 2.38. The first-order valence-corrected chi connectivity index (χ1v) is 5.65. The average molecular weight is 211 g/mol. The lowest BCUT2D eigenvalue weighted by atomic mass is 9.86.